The number of aromatic hydroxyl groups is 1. The highest BCUT2D eigenvalue weighted by atomic mass is 35.5. The van der Waals surface area contributed by atoms with Crippen molar-refractivity contribution in [2.75, 3.05) is 5.32 Å². The van der Waals surface area contributed by atoms with Gasteiger partial charge in [0.2, 0.25) is 0 Å². The number of halogens is 1. The second-order valence-corrected chi connectivity index (χ2v) is 18.6. The lowest BCUT2D eigenvalue weighted by Gasteiger charge is -2.40. The summed E-state index contributed by atoms with van der Waals surface area (Å²) in [4.78, 5) is 23.8. The summed E-state index contributed by atoms with van der Waals surface area (Å²) in [7, 11) is -3.52. The minimum Gasteiger partial charge on any atom is -0.506 e. The third-order valence-electron chi connectivity index (χ3n) is 5.66. The van der Waals surface area contributed by atoms with E-state index in [4.69, 9.17) is 16.7 Å². The van der Waals surface area contributed by atoms with Crippen molar-refractivity contribution in [3.8, 4) is 5.75 Å². The number of carbonyl (C=O) groups excluding carboxylic acids is 1. The molecule has 1 aliphatic heterocycles. The molecule has 148 valence electrons. The predicted molar refractivity (Wildman–Crippen MR) is 118 cm³/mol. The van der Waals surface area contributed by atoms with Crippen molar-refractivity contribution in [3.63, 3.8) is 0 Å². The molecule has 0 bridgehead atoms. The smallest absolute Gasteiger partial charge is 0.335 e. The fourth-order valence-corrected chi connectivity index (χ4v) is 15.2. The Bertz CT molecular complexity index is 971. The zero-order chi connectivity index (χ0) is 20.9. The van der Waals surface area contributed by atoms with Crippen LogP contribution in [0.15, 0.2) is 30.3 Å². The van der Waals surface area contributed by atoms with Gasteiger partial charge in [-0.05, 0) is 35.5 Å². The lowest BCUT2D eigenvalue weighted by Crippen LogP contribution is -2.64. The van der Waals surface area contributed by atoms with E-state index in [1.807, 2.05) is 6.07 Å². The van der Waals surface area contributed by atoms with E-state index in [-0.39, 0.29) is 16.9 Å². The highest BCUT2D eigenvalue weighted by Crippen LogP contribution is 2.34. The molecule has 0 aromatic heterocycles. The number of benzene rings is 2. The monoisotopic (exact) mass is 433 g/mol. The van der Waals surface area contributed by atoms with Gasteiger partial charge >= 0.3 is 5.97 Å². The molecule has 0 aliphatic carbocycles. The number of carboxylic acids is 1. The van der Waals surface area contributed by atoms with Crippen LogP contribution in [0.2, 0.25) is 43.3 Å². The Balaban J connectivity index is 2.02. The summed E-state index contributed by atoms with van der Waals surface area (Å²) >= 11 is 6.59. The lowest BCUT2D eigenvalue weighted by atomic mass is 10.1. The van der Waals surface area contributed by atoms with Gasteiger partial charge in [0.1, 0.15) is 5.75 Å². The normalized spacial score (nSPS) is 16.9. The number of fused-ring (bicyclic) bond motifs is 1. The van der Waals surface area contributed by atoms with Gasteiger partial charge in [-0.2, -0.15) is 0 Å². The summed E-state index contributed by atoms with van der Waals surface area (Å²) < 4.78 is 0. The van der Waals surface area contributed by atoms with Crippen molar-refractivity contribution in [1.29, 1.82) is 0 Å². The van der Waals surface area contributed by atoms with Crippen molar-refractivity contribution in [3.05, 3.63) is 46.5 Å². The zero-order valence-electron chi connectivity index (χ0n) is 16.4. The van der Waals surface area contributed by atoms with Crippen molar-refractivity contribution in [1.82, 2.24) is 0 Å². The minimum atomic E-state index is -1.77. The second kappa shape index (κ2) is 7.06. The standard InChI is InChI=1S/C20H24ClNO4Si2/c1-27(2)9-10-28(3,4)18-15(27)11-14(17(23)16(18)21)19(24)22-13-7-5-12(6-8-13)20(25)26/h5-8,11,23H,9-10H2,1-4H3,(H,22,24)(H,25,26). The van der Waals surface area contributed by atoms with Gasteiger partial charge in [-0.15, -0.1) is 0 Å². The summed E-state index contributed by atoms with van der Waals surface area (Å²) in [5.41, 5.74) is 0.755. The molecule has 0 unspecified atom stereocenters. The molecular weight excluding hydrogens is 410 g/mol. The molecule has 0 atom stereocenters. The number of anilines is 1. The Morgan fingerprint density at radius 2 is 1.61 bits per heavy atom. The van der Waals surface area contributed by atoms with Gasteiger partial charge in [0.25, 0.3) is 5.91 Å². The van der Waals surface area contributed by atoms with Crippen LogP contribution in [0, 0.1) is 0 Å². The van der Waals surface area contributed by atoms with E-state index in [0.717, 1.165) is 17.3 Å². The van der Waals surface area contributed by atoms with Crippen LogP contribution < -0.4 is 15.7 Å². The van der Waals surface area contributed by atoms with E-state index in [1.54, 1.807) is 0 Å². The van der Waals surface area contributed by atoms with Gasteiger partial charge in [-0.3, -0.25) is 4.79 Å². The molecule has 8 heteroatoms. The van der Waals surface area contributed by atoms with Gasteiger partial charge < -0.3 is 15.5 Å². The van der Waals surface area contributed by atoms with Crippen LogP contribution in [0.3, 0.4) is 0 Å². The molecule has 1 aliphatic rings. The Kier molecular flexibility index (Phi) is 5.20. The number of hydrogen-bond acceptors (Lipinski definition) is 3. The molecule has 1 heterocycles. The maximum absolute atomic E-state index is 12.8. The third-order valence-corrected chi connectivity index (χ3v) is 13.7. The summed E-state index contributed by atoms with van der Waals surface area (Å²) in [5.74, 6) is -1.66. The molecule has 3 N–H and O–H groups in total. The predicted octanol–water partition coefficient (Wildman–Crippen LogP) is 3.84. The summed E-state index contributed by atoms with van der Waals surface area (Å²) in [6.45, 7) is 9.05. The van der Waals surface area contributed by atoms with E-state index in [1.165, 1.54) is 29.5 Å². The first-order valence-electron chi connectivity index (χ1n) is 9.15. The van der Waals surface area contributed by atoms with E-state index in [0.29, 0.717) is 10.7 Å². The quantitative estimate of drug-likeness (QED) is 0.642. The van der Waals surface area contributed by atoms with Crippen LogP contribution in [-0.4, -0.2) is 38.2 Å². The van der Waals surface area contributed by atoms with Crippen LogP contribution in [0.25, 0.3) is 0 Å². The van der Waals surface area contributed by atoms with Crippen LogP contribution in [-0.2, 0) is 0 Å². The molecule has 2 aromatic carbocycles. The fourth-order valence-electron chi connectivity index (χ4n) is 3.79. The Hall–Kier alpha value is -2.10. The molecule has 0 fully saturated rings. The number of nitrogens with one attached hydrogen (secondary N) is 1. The maximum atomic E-state index is 12.8. The number of carbonyl (C=O) groups is 2. The average molecular weight is 434 g/mol. The molecule has 0 spiro atoms. The summed E-state index contributed by atoms with van der Waals surface area (Å²) in [6, 6.07) is 10.00. The Morgan fingerprint density at radius 3 is 2.18 bits per heavy atom. The number of amides is 1. The van der Waals surface area contributed by atoms with Crippen molar-refractivity contribution < 1.29 is 19.8 Å². The van der Waals surface area contributed by atoms with Crippen LogP contribution in [0.1, 0.15) is 20.7 Å². The average Bonchev–Trinajstić information content (AvgIpc) is 2.61. The van der Waals surface area contributed by atoms with E-state index < -0.39 is 28.0 Å². The lowest BCUT2D eigenvalue weighted by molar-refractivity contribution is 0.0696. The van der Waals surface area contributed by atoms with Gasteiger partial charge in [-0.1, -0.05) is 55.1 Å². The van der Waals surface area contributed by atoms with Gasteiger partial charge in [0, 0.05) is 5.69 Å². The number of rotatable bonds is 3. The third kappa shape index (κ3) is 3.61. The molecular formula is C20H24ClNO4Si2. The van der Waals surface area contributed by atoms with E-state index in [2.05, 4.69) is 31.5 Å². The Labute approximate surface area is 171 Å². The summed E-state index contributed by atoms with van der Waals surface area (Å²) in [6.07, 6.45) is 0. The number of phenolic OH excluding ortho intramolecular Hbond substituents is 1. The van der Waals surface area contributed by atoms with Crippen molar-refractivity contribution >= 4 is 55.7 Å². The van der Waals surface area contributed by atoms with Gasteiger partial charge in [0.15, 0.2) is 0 Å². The topological polar surface area (TPSA) is 86.6 Å². The largest absolute Gasteiger partial charge is 0.506 e. The van der Waals surface area contributed by atoms with Crippen LogP contribution in [0.4, 0.5) is 5.69 Å². The minimum absolute atomic E-state index is 0.137. The first-order valence-corrected chi connectivity index (χ1v) is 15.9. The second-order valence-electron chi connectivity index (χ2n) is 8.61. The molecule has 28 heavy (non-hydrogen) atoms. The first kappa shape index (κ1) is 20.6. The number of aromatic carboxylic acids is 1. The Morgan fingerprint density at radius 1 is 1.04 bits per heavy atom. The molecule has 0 saturated carbocycles. The highest BCUT2D eigenvalue weighted by molar-refractivity contribution is 7.04. The van der Waals surface area contributed by atoms with E-state index >= 15 is 0 Å². The molecule has 5 nitrogen and oxygen atoms in total. The summed E-state index contributed by atoms with van der Waals surface area (Å²) in [5, 5.41) is 25.0. The SMILES string of the molecule is C[Si]1(C)CC[Si](C)(C)c2c1cc(C(=O)Nc1ccc(C(=O)O)cc1)c(O)c2Cl. The van der Waals surface area contributed by atoms with Crippen molar-refractivity contribution in [2.24, 2.45) is 0 Å². The van der Waals surface area contributed by atoms with Gasteiger partial charge in [0.05, 0.1) is 32.3 Å². The van der Waals surface area contributed by atoms with E-state index in [9.17, 15) is 14.7 Å². The number of carboxylic acid groups (broad SMARTS) is 1. The fraction of sp³-hybridized carbons (Fsp3) is 0.300. The highest BCUT2D eigenvalue weighted by Gasteiger charge is 2.42. The molecule has 1 amide bonds. The first-order chi connectivity index (χ1) is 12.9. The number of hydrogen-bond donors (Lipinski definition) is 3. The van der Waals surface area contributed by atoms with Gasteiger partial charge in [-0.25, -0.2) is 4.79 Å². The van der Waals surface area contributed by atoms with Crippen molar-refractivity contribution in [2.45, 2.75) is 38.3 Å². The maximum Gasteiger partial charge on any atom is 0.335 e. The number of phenols is 1. The molecule has 0 saturated heterocycles. The molecule has 3 rings (SSSR count). The van der Waals surface area contributed by atoms with Crippen LogP contribution >= 0.6 is 11.6 Å². The molecule has 2 aromatic rings. The molecule has 0 radical (unpaired) electrons. The van der Waals surface area contributed by atoms with Crippen LogP contribution in [0.5, 0.6) is 5.75 Å². The zero-order valence-corrected chi connectivity index (χ0v) is 19.1.